The summed E-state index contributed by atoms with van der Waals surface area (Å²) in [5.41, 5.74) is 1.34. The molecule has 2 heterocycles. The van der Waals surface area contributed by atoms with Gasteiger partial charge in [0.05, 0.1) is 27.4 Å². The van der Waals surface area contributed by atoms with E-state index in [-0.39, 0.29) is 40.5 Å². The Balaban J connectivity index is 1.41. The van der Waals surface area contributed by atoms with E-state index in [2.05, 4.69) is 11.4 Å². The van der Waals surface area contributed by atoms with Gasteiger partial charge in [0, 0.05) is 11.6 Å². The minimum Gasteiger partial charge on any atom is -0.486 e. The van der Waals surface area contributed by atoms with E-state index in [0.29, 0.717) is 28.2 Å². The zero-order valence-corrected chi connectivity index (χ0v) is 20.3. The molecule has 2 aliphatic rings. The van der Waals surface area contributed by atoms with Crippen LogP contribution in [0.5, 0.6) is 17.2 Å². The van der Waals surface area contributed by atoms with Gasteiger partial charge >= 0.3 is 6.03 Å². The molecule has 0 saturated carbocycles. The monoisotopic (exact) mass is 535 g/mol. The average molecular weight is 536 g/mol. The summed E-state index contributed by atoms with van der Waals surface area (Å²) in [6, 6.07) is 15.6. The van der Waals surface area contributed by atoms with Crippen molar-refractivity contribution in [3.05, 3.63) is 86.9 Å². The number of carbonyl (C=O) groups is 3. The van der Waals surface area contributed by atoms with Crippen LogP contribution in [0.1, 0.15) is 16.7 Å². The maximum Gasteiger partial charge on any atom is 0.335 e. The molecule has 0 radical (unpaired) electrons. The first-order valence-corrected chi connectivity index (χ1v) is 11.5. The van der Waals surface area contributed by atoms with Crippen molar-refractivity contribution in [1.29, 1.82) is 5.26 Å². The number of fused-ring (bicyclic) bond motifs is 1. The molecule has 3 aromatic carbocycles. The Morgan fingerprint density at radius 2 is 1.76 bits per heavy atom. The SMILES string of the molecule is N#Cc1ccccc1COc1c(Cl)cc(/C=C2\C(=O)NC(=O)N(c3ccc4c(c3)OCO4)C2=O)cc1Cl. The third kappa shape index (κ3) is 4.68. The molecular weight excluding hydrogens is 521 g/mol. The van der Waals surface area contributed by atoms with Crippen LogP contribution in [0.3, 0.4) is 0 Å². The van der Waals surface area contributed by atoms with Crippen LogP contribution in [0.4, 0.5) is 10.5 Å². The van der Waals surface area contributed by atoms with Gasteiger partial charge in [0.25, 0.3) is 11.8 Å². The molecule has 0 spiro atoms. The van der Waals surface area contributed by atoms with Gasteiger partial charge in [-0.05, 0) is 42.0 Å². The number of benzene rings is 3. The van der Waals surface area contributed by atoms with Gasteiger partial charge in [-0.3, -0.25) is 14.9 Å². The van der Waals surface area contributed by atoms with E-state index >= 15 is 0 Å². The lowest BCUT2D eigenvalue weighted by molar-refractivity contribution is -0.122. The number of rotatable bonds is 5. The predicted molar refractivity (Wildman–Crippen MR) is 134 cm³/mol. The van der Waals surface area contributed by atoms with Gasteiger partial charge < -0.3 is 14.2 Å². The topological polar surface area (TPSA) is 118 Å². The number of hydrogen-bond acceptors (Lipinski definition) is 7. The second-order valence-corrected chi connectivity index (χ2v) is 8.68. The van der Waals surface area contributed by atoms with Crippen LogP contribution >= 0.6 is 23.2 Å². The van der Waals surface area contributed by atoms with E-state index in [1.54, 1.807) is 30.3 Å². The predicted octanol–water partition coefficient (Wildman–Crippen LogP) is 4.84. The summed E-state index contributed by atoms with van der Waals surface area (Å²) in [4.78, 5) is 39.0. The third-order valence-corrected chi connectivity index (χ3v) is 6.12. The second-order valence-electron chi connectivity index (χ2n) is 7.87. The fourth-order valence-electron chi connectivity index (χ4n) is 3.79. The van der Waals surface area contributed by atoms with Crippen LogP contribution in [0, 0.1) is 11.3 Å². The molecule has 11 heteroatoms. The van der Waals surface area contributed by atoms with Gasteiger partial charge in [0.2, 0.25) is 6.79 Å². The number of anilines is 1. The Kier molecular flexibility index (Phi) is 6.44. The summed E-state index contributed by atoms with van der Waals surface area (Å²) in [7, 11) is 0. The van der Waals surface area contributed by atoms with Gasteiger partial charge in [0.15, 0.2) is 17.2 Å². The summed E-state index contributed by atoms with van der Waals surface area (Å²) in [6.45, 7) is 0.0751. The van der Waals surface area contributed by atoms with Crippen molar-refractivity contribution >= 4 is 52.8 Å². The maximum atomic E-state index is 13.2. The van der Waals surface area contributed by atoms with E-state index in [4.69, 9.17) is 37.4 Å². The molecule has 0 aliphatic carbocycles. The van der Waals surface area contributed by atoms with E-state index in [0.717, 1.165) is 4.90 Å². The molecule has 2 aliphatic heterocycles. The van der Waals surface area contributed by atoms with Crippen molar-refractivity contribution in [2.24, 2.45) is 0 Å². The number of halogens is 2. The maximum absolute atomic E-state index is 13.2. The van der Waals surface area contributed by atoms with Crippen LogP contribution in [0.25, 0.3) is 6.08 Å². The number of nitriles is 1. The van der Waals surface area contributed by atoms with Crippen LogP contribution in [-0.4, -0.2) is 24.6 Å². The molecule has 4 amide bonds. The molecular formula is C26H15Cl2N3O6. The number of nitrogens with zero attached hydrogens (tertiary/aromatic N) is 2. The number of hydrogen-bond donors (Lipinski definition) is 1. The normalized spacial score (nSPS) is 15.5. The van der Waals surface area contributed by atoms with Crippen molar-refractivity contribution in [1.82, 2.24) is 5.32 Å². The van der Waals surface area contributed by atoms with E-state index in [1.165, 1.54) is 30.3 Å². The van der Waals surface area contributed by atoms with Crippen molar-refractivity contribution in [2.75, 3.05) is 11.7 Å². The minimum atomic E-state index is -0.900. The standard InChI is InChI=1S/C26H15Cl2N3O6/c27-19-8-14(9-20(28)23(19)35-12-16-4-2-1-3-15(16)11-29)7-18-24(32)30-26(34)31(25(18)33)17-5-6-21-22(10-17)37-13-36-21/h1-10H,12-13H2,(H,30,32,34)/b18-7+. The van der Waals surface area contributed by atoms with Crippen molar-refractivity contribution in [3.8, 4) is 23.3 Å². The molecule has 5 rings (SSSR count). The first kappa shape index (κ1) is 24.2. The Bertz CT molecular complexity index is 1520. The van der Waals surface area contributed by atoms with Crippen LogP contribution in [0.15, 0.2) is 60.2 Å². The highest BCUT2D eigenvalue weighted by Gasteiger charge is 2.37. The molecule has 1 saturated heterocycles. The zero-order valence-electron chi connectivity index (χ0n) is 18.8. The Hall–Kier alpha value is -4.52. The van der Waals surface area contributed by atoms with E-state index in [1.807, 2.05) is 0 Å². The molecule has 0 bridgehead atoms. The largest absolute Gasteiger partial charge is 0.486 e. The molecule has 9 nitrogen and oxygen atoms in total. The van der Waals surface area contributed by atoms with Crippen LogP contribution in [0.2, 0.25) is 10.0 Å². The molecule has 0 unspecified atom stereocenters. The number of carbonyl (C=O) groups excluding carboxylic acids is 3. The van der Waals surface area contributed by atoms with Crippen LogP contribution < -0.4 is 24.4 Å². The fourth-order valence-corrected chi connectivity index (χ4v) is 4.40. The number of nitrogens with one attached hydrogen (secondary N) is 1. The summed E-state index contributed by atoms with van der Waals surface area (Å²) in [5.74, 6) is -0.689. The van der Waals surface area contributed by atoms with Crippen molar-refractivity contribution in [3.63, 3.8) is 0 Å². The molecule has 0 atom stereocenters. The molecule has 3 aromatic rings. The highest BCUT2D eigenvalue weighted by Crippen LogP contribution is 2.38. The zero-order chi connectivity index (χ0) is 26.1. The van der Waals surface area contributed by atoms with Gasteiger partial charge in [-0.15, -0.1) is 0 Å². The smallest absolute Gasteiger partial charge is 0.335 e. The molecule has 1 fully saturated rings. The summed E-state index contributed by atoms with van der Waals surface area (Å²) in [5, 5.41) is 11.7. The lowest BCUT2D eigenvalue weighted by atomic mass is 10.1. The van der Waals surface area contributed by atoms with E-state index in [9.17, 15) is 19.6 Å². The fraction of sp³-hybridized carbons (Fsp3) is 0.0769. The number of amides is 4. The number of imide groups is 2. The Morgan fingerprint density at radius 1 is 1.03 bits per heavy atom. The lowest BCUT2D eigenvalue weighted by Gasteiger charge is -2.26. The third-order valence-electron chi connectivity index (χ3n) is 5.56. The van der Waals surface area contributed by atoms with Gasteiger partial charge in [-0.25, -0.2) is 9.69 Å². The van der Waals surface area contributed by atoms with Crippen molar-refractivity contribution in [2.45, 2.75) is 6.61 Å². The first-order chi connectivity index (χ1) is 17.9. The average Bonchev–Trinajstić information content (AvgIpc) is 3.34. The first-order valence-electron chi connectivity index (χ1n) is 10.8. The highest BCUT2D eigenvalue weighted by atomic mass is 35.5. The molecule has 37 heavy (non-hydrogen) atoms. The van der Waals surface area contributed by atoms with Gasteiger partial charge in [0.1, 0.15) is 12.2 Å². The second kappa shape index (κ2) is 9.85. The van der Waals surface area contributed by atoms with Gasteiger partial charge in [-0.1, -0.05) is 41.4 Å². The van der Waals surface area contributed by atoms with E-state index < -0.39 is 17.8 Å². The minimum absolute atomic E-state index is 0.0225. The molecule has 184 valence electrons. The molecule has 0 aromatic heterocycles. The number of ether oxygens (including phenoxy) is 3. The number of barbiturate groups is 1. The van der Waals surface area contributed by atoms with Gasteiger partial charge in [-0.2, -0.15) is 5.26 Å². The summed E-state index contributed by atoms with van der Waals surface area (Å²) >= 11 is 12.8. The van der Waals surface area contributed by atoms with Crippen LogP contribution in [-0.2, 0) is 16.2 Å². The number of urea groups is 1. The highest BCUT2D eigenvalue weighted by molar-refractivity contribution is 6.40. The summed E-state index contributed by atoms with van der Waals surface area (Å²) < 4.78 is 16.3. The Morgan fingerprint density at radius 3 is 2.51 bits per heavy atom. The Labute approximate surface area is 220 Å². The quantitative estimate of drug-likeness (QED) is 0.366. The summed E-state index contributed by atoms with van der Waals surface area (Å²) in [6.07, 6.45) is 1.27. The molecule has 1 N–H and O–H groups in total. The lowest BCUT2D eigenvalue weighted by Crippen LogP contribution is -2.54. The van der Waals surface area contributed by atoms with Crippen molar-refractivity contribution < 1.29 is 28.6 Å².